The number of benzene rings is 3. The molecule has 0 spiro atoms. The molecule has 0 saturated heterocycles. The lowest BCUT2D eigenvalue weighted by Crippen LogP contribution is -2.49. The van der Waals surface area contributed by atoms with Crippen molar-refractivity contribution in [2.24, 2.45) is 0 Å². The summed E-state index contributed by atoms with van der Waals surface area (Å²) in [6.07, 6.45) is 2.37. The van der Waals surface area contributed by atoms with Gasteiger partial charge in [0, 0.05) is 6.54 Å². The zero-order valence-electron chi connectivity index (χ0n) is 19.0. The molecule has 0 saturated carbocycles. The van der Waals surface area contributed by atoms with Gasteiger partial charge < -0.3 is 4.74 Å². The Hall–Kier alpha value is -3.53. The van der Waals surface area contributed by atoms with Crippen LogP contribution in [0.4, 0.5) is 4.39 Å². The lowest BCUT2D eigenvalue weighted by atomic mass is 10.0. The number of carbonyl (C=O) groups excluding carboxylic acids is 1. The largest absolute Gasteiger partial charge is 0.493 e. The maximum atomic E-state index is 13.8. The van der Waals surface area contributed by atoms with Crippen LogP contribution in [0.3, 0.4) is 0 Å². The number of nitrogens with one attached hydrogen (secondary N) is 1. The van der Waals surface area contributed by atoms with E-state index in [0.717, 1.165) is 4.31 Å². The van der Waals surface area contributed by atoms with Gasteiger partial charge in [0.1, 0.15) is 17.6 Å². The minimum atomic E-state index is -4.23. The third-order valence-electron chi connectivity index (χ3n) is 5.31. The third-order valence-corrected chi connectivity index (χ3v) is 7.17. The van der Waals surface area contributed by atoms with E-state index in [1.165, 1.54) is 48.5 Å². The Bertz CT molecular complexity index is 1220. The van der Waals surface area contributed by atoms with Crippen LogP contribution in [0.25, 0.3) is 0 Å². The molecule has 3 aromatic carbocycles. The summed E-state index contributed by atoms with van der Waals surface area (Å²) in [7, 11) is -4.23. The highest BCUT2D eigenvalue weighted by atomic mass is 32.2. The van der Waals surface area contributed by atoms with Crippen molar-refractivity contribution >= 4 is 15.9 Å². The van der Waals surface area contributed by atoms with E-state index in [1.807, 2.05) is 0 Å². The molecular formula is C26H27FN2O5S. The number of rotatable bonds is 12. The SMILES string of the molecule is C=CCCOc1ccc(S(=O)(=O)N(Cc2ccc(F)cc2)[C@H](Cc2ccccc2)C(=O)NO)cc1. The average molecular weight is 499 g/mol. The van der Waals surface area contributed by atoms with Gasteiger partial charge >= 0.3 is 0 Å². The first-order chi connectivity index (χ1) is 16.8. The normalized spacial score (nSPS) is 12.2. The number of amides is 1. The van der Waals surface area contributed by atoms with Crippen LogP contribution < -0.4 is 10.2 Å². The van der Waals surface area contributed by atoms with Crippen molar-refractivity contribution in [2.45, 2.75) is 30.3 Å². The van der Waals surface area contributed by atoms with Gasteiger partial charge in [-0.15, -0.1) is 6.58 Å². The fraction of sp³-hybridized carbons (Fsp3) is 0.192. The molecular weight excluding hydrogens is 471 g/mol. The molecule has 184 valence electrons. The molecule has 7 nitrogen and oxygen atoms in total. The maximum Gasteiger partial charge on any atom is 0.262 e. The van der Waals surface area contributed by atoms with Gasteiger partial charge in [-0.2, -0.15) is 4.31 Å². The number of ether oxygens (including phenoxy) is 1. The zero-order chi connectivity index (χ0) is 25.3. The summed E-state index contributed by atoms with van der Waals surface area (Å²) in [5, 5.41) is 9.42. The number of halogens is 1. The third kappa shape index (κ3) is 6.98. The second-order valence-electron chi connectivity index (χ2n) is 7.76. The molecule has 3 aromatic rings. The number of carbonyl (C=O) groups is 1. The summed E-state index contributed by atoms with van der Waals surface area (Å²) >= 11 is 0. The van der Waals surface area contributed by atoms with E-state index in [9.17, 15) is 22.8 Å². The molecule has 0 heterocycles. The summed E-state index contributed by atoms with van der Waals surface area (Å²) in [6.45, 7) is 3.82. The van der Waals surface area contributed by atoms with Crippen LogP contribution in [0.2, 0.25) is 0 Å². The molecule has 0 fully saturated rings. The van der Waals surface area contributed by atoms with Crippen LogP contribution in [-0.4, -0.2) is 36.5 Å². The maximum absolute atomic E-state index is 13.8. The van der Waals surface area contributed by atoms with E-state index in [4.69, 9.17) is 4.74 Å². The first kappa shape index (κ1) is 26.1. The van der Waals surface area contributed by atoms with Crippen LogP contribution in [-0.2, 0) is 27.8 Å². The number of sulfonamides is 1. The summed E-state index contributed by atoms with van der Waals surface area (Å²) in [5.74, 6) is -0.863. The van der Waals surface area contributed by atoms with Gasteiger partial charge in [0.05, 0.1) is 11.5 Å². The highest BCUT2D eigenvalue weighted by molar-refractivity contribution is 7.89. The van der Waals surface area contributed by atoms with Gasteiger partial charge in [0.15, 0.2) is 0 Å². The monoisotopic (exact) mass is 498 g/mol. The van der Waals surface area contributed by atoms with Crippen LogP contribution in [0.15, 0.2) is 96.4 Å². The average Bonchev–Trinajstić information content (AvgIpc) is 2.88. The summed E-state index contributed by atoms with van der Waals surface area (Å²) < 4.78 is 47.5. The molecule has 0 aliphatic carbocycles. The Morgan fingerprint density at radius 1 is 1.03 bits per heavy atom. The first-order valence-electron chi connectivity index (χ1n) is 10.9. The van der Waals surface area contributed by atoms with Crippen molar-refractivity contribution in [3.05, 3.63) is 108 Å². The van der Waals surface area contributed by atoms with E-state index in [0.29, 0.717) is 29.9 Å². The van der Waals surface area contributed by atoms with Gasteiger partial charge in [0.25, 0.3) is 5.91 Å². The van der Waals surface area contributed by atoms with Crippen molar-refractivity contribution in [2.75, 3.05) is 6.61 Å². The van der Waals surface area contributed by atoms with Crippen molar-refractivity contribution in [3.8, 4) is 5.75 Å². The molecule has 35 heavy (non-hydrogen) atoms. The van der Waals surface area contributed by atoms with Crippen molar-refractivity contribution < 1.29 is 27.5 Å². The molecule has 0 radical (unpaired) electrons. The minimum Gasteiger partial charge on any atom is -0.493 e. The Kier molecular flexibility index (Phi) is 9.13. The van der Waals surface area contributed by atoms with Crippen LogP contribution >= 0.6 is 0 Å². The molecule has 1 atom stereocenters. The Morgan fingerprint density at radius 3 is 2.29 bits per heavy atom. The predicted molar refractivity (Wildman–Crippen MR) is 130 cm³/mol. The zero-order valence-corrected chi connectivity index (χ0v) is 19.8. The lowest BCUT2D eigenvalue weighted by molar-refractivity contribution is -0.133. The van der Waals surface area contributed by atoms with E-state index in [2.05, 4.69) is 6.58 Å². The molecule has 3 rings (SSSR count). The van der Waals surface area contributed by atoms with E-state index >= 15 is 0 Å². The number of hydrogen-bond acceptors (Lipinski definition) is 5. The van der Waals surface area contributed by atoms with Crippen LogP contribution in [0, 0.1) is 5.82 Å². The Balaban J connectivity index is 2.00. The Morgan fingerprint density at radius 2 is 1.69 bits per heavy atom. The van der Waals surface area contributed by atoms with E-state index < -0.39 is 27.8 Å². The fourth-order valence-corrected chi connectivity index (χ4v) is 5.05. The standard InChI is InChI=1S/C26H27FN2O5S/c1-2-3-17-34-23-13-15-24(16-14-23)35(32,33)29(19-21-9-11-22(27)12-10-21)25(26(30)28-31)18-20-7-5-4-6-8-20/h2,4-16,25,31H,1,3,17-19H2,(H,28,30)/t25-/m1/s1. The number of hydroxylamine groups is 1. The highest BCUT2D eigenvalue weighted by Crippen LogP contribution is 2.25. The van der Waals surface area contributed by atoms with Crippen LogP contribution in [0.5, 0.6) is 5.75 Å². The van der Waals surface area contributed by atoms with Gasteiger partial charge in [-0.25, -0.2) is 18.3 Å². The van der Waals surface area contributed by atoms with Crippen molar-refractivity contribution in [1.82, 2.24) is 9.79 Å². The first-order valence-corrected chi connectivity index (χ1v) is 12.4. The predicted octanol–water partition coefficient (Wildman–Crippen LogP) is 4.09. The topological polar surface area (TPSA) is 95.9 Å². The molecule has 0 aromatic heterocycles. The number of nitrogens with zero attached hydrogens (tertiary/aromatic N) is 1. The summed E-state index contributed by atoms with van der Waals surface area (Å²) in [5.41, 5.74) is 2.76. The quantitative estimate of drug-likeness (QED) is 0.170. The molecule has 0 unspecified atom stereocenters. The fourth-order valence-electron chi connectivity index (χ4n) is 3.47. The smallest absolute Gasteiger partial charge is 0.262 e. The van der Waals surface area contributed by atoms with Crippen molar-refractivity contribution in [3.63, 3.8) is 0 Å². The highest BCUT2D eigenvalue weighted by Gasteiger charge is 2.36. The minimum absolute atomic E-state index is 0.0103. The van der Waals surface area contributed by atoms with Gasteiger partial charge in [-0.1, -0.05) is 48.5 Å². The van der Waals surface area contributed by atoms with E-state index in [1.54, 1.807) is 41.9 Å². The van der Waals surface area contributed by atoms with Gasteiger partial charge in [-0.05, 0) is 60.4 Å². The lowest BCUT2D eigenvalue weighted by Gasteiger charge is -2.30. The van der Waals surface area contributed by atoms with Gasteiger partial charge in [0.2, 0.25) is 10.0 Å². The Labute approximate surface area is 204 Å². The molecule has 1 amide bonds. The summed E-state index contributed by atoms with van der Waals surface area (Å²) in [4.78, 5) is 12.7. The molecule has 9 heteroatoms. The van der Waals surface area contributed by atoms with Gasteiger partial charge in [-0.3, -0.25) is 10.0 Å². The van der Waals surface area contributed by atoms with Crippen molar-refractivity contribution in [1.29, 1.82) is 0 Å². The second-order valence-corrected chi connectivity index (χ2v) is 9.65. The molecule has 0 bridgehead atoms. The van der Waals surface area contributed by atoms with Crippen LogP contribution in [0.1, 0.15) is 17.5 Å². The molecule has 0 aliphatic heterocycles. The number of hydrogen-bond donors (Lipinski definition) is 2. The molecule has 2 N–H and O–H groups in total. The second kappa shape index (κ2) is 12.3. The summed E-state index contributed by atoms with van der Waals surface area (Å²) in [6, 6.07) is 18.8. The molecule has 0 aliphatic rings. The van der Waals surface area contributed by atoms with E-state index in [-0.39, 0.29) is 17.9 Å².